The van der Waals surface area contributed by atoms with Gasteiger partial charge in [0.05, 0.1) is 18.3 Å². The zero-order valence-electron chi connectivity index (χ0n) is 9.47. The summed E-state index contributed by atoms with van der Waals surface area (Å²) < 4.78 is 40.4. The maximum Gasteiger partial charge on any atom is 0.389 e. The number of unbranched alkanes of at least 4 members (excludes halogenated alkanes) is 1. The standard InChI is InChI=1S/C10H17F3O2S/c1-3-4-6-15-9(14)8(2)16-7-5-10(11,12)13/h8H,3-7H2,1-2H3. The highest BCUT2D eigenvalue weighted by Crippen LogP contribution is 2.24. The highest BCUT2D eigenvalue weighted by Gasteiger charge is 2.27. The number of alkyl halides is 3. The molecule has 96 valence electrons. The molecule has 0 bridgehead atoms. The lowest BCUT2D eigenvalue weighted by Crippen LogP contribution is -2.19. The molecule has 0 aliphatic heterocycles. The molecular formula is C10H17F3O2S. The van der Waals surface area contributed by atoms with Crippen LogP contribution >= 0.6 is 11.8 Å². The van der Waals surface area contributed by atoms with Crippen LogP contribution in [0.1, 0.15) is 33.1 Å². The van der Waals surface area contributed by atoms with E-state index < -0.39 is 23.8 Å². The molecule has 0 spiro atoms. The van der Waals surface area contributed by atoms with Gasteiger partial charge < -0.3 is 4.74 Å². The van der Waals surface area contributed by atoms with Gasteiger partial charge in [0.25, 0.3) is 0 Å². The van der Waals surface area contributed by atoms with Gasteiger partial charge in [0.1, 0.15) is 0 Å². The Morgan fingerprint density at radius 3 is 2.56 bits per heavy atom. The topological polar surface area (TPSA) is 26.3 Å². The van der Waals surface area contributed by atoms with Crippen LogP contribution in [-0.4, -0.2) is 29.8 Å². The highest BCUT2D eigenvalue weighted by atomic mass is 32.2. The lowest BCUT2D eigenvalue weighted by Gasteiger charge is -2.11. The van der Waals surface area contributed by atoms with E-state index in [4.69, 9.17) is 4.74 Å². The fourth-order valence-electron chi connectivity index (χ4n) is 0.854. The van der Waals surface area contributed by atoms with Gasteiger partial charge in [0.15, 0.2) is 0 Å². The summed E-state index contributed by atoms with van der Waals surface area (Å²) >= 11 is 0.975. The van der Waals surface area contributed by atoms with Crippen molar-refractivity contribution in [2.45, 2.75) is 44.5 Å². The number of ether oxygens (including phenoxy) is 1. The van der Waals surface area contributed by atoms with Gasteiger partial charge in [-0.15, -0.1) is 11.8 Å². The van der Waals surface area contributed by atoms with Crippen molar-refractivity contribution in [1.29, 1.82) is 0 Å². The first-order valence-corrected chi connectivity index (χ1v) is 6.26. The number of halogens is 3. The third kappa shape index (κ3) is 8.88. The molecule has 16 heavy (non-hydrogen) atoms. The molecule has 0 heterocycles. The van der Waals surface area contributed by atoms with Gasteiger partial charge in [-0.3, -0.25) is 4.79 Å². The summed E-state index contributed by atoms with van der Waals surface area (Å²) in [7, 11) is 0. The number of rotatable bonds is 7. The molecule has 6 heteroatoms. The lowest BCUT2D eigenvalue weighted by molar-refractivity contribution is -0.142. The van der Waals surface area contributed by atoms with Crippen molar-refractivity contribution in [2.75, 3.05) is 12.4 Å². The summed E-state index contributed by atoms with van der Waals surface area (Å²) in [4.78, 5) is 11.2. The van der Waals surface area contributed by atoms with Crippen LogP contribution in [0.5, 0.6) is 0 Å². The van der Waals surface area contributed by atoms with Crippen molar-refractivity contribution in [1.82, 2.24) is 0 Å². The first-order valence-electron chi connectivity index (χ1n) is 5.21. The van der Waals surface area contributed by atoms with Crippen LogP contribution in [0.2, 0.25) is 0 Å². The van der Waals surface area contributed by atoms with E-state index in [2.05, 4.69) is 0 Å². The van der Waals surface area contributed by atoms with Gasteiger partial charge in [0, 0.05) is 5.75 Å². The normalized spacial score (nSPS) is 13.6. The van der Waals surface area contributed by atoms with E-state index in [1.54, 1.807) is 6.92 Å². The van der Waals surface area contributed by atoms with Crippen LogP contribution in [0, 0.1) is 0 Å². The monoisotopic (exact) mass is 258 g/mol. The van der Waals surface area contributed by atoms with Crippen molar-refractivity contribution >= 4 is 17.7 Å². The summed E-state index contributed by atoms with van der Waals surface area (Å²) in [5.74, 6) is -0.534. The lowest BCUT2D eigenvalue weighted by atomic mass is 10.4. The van der Waals surface area contributed by atoms with Gasteiger partial charge in [-0.1, -0.05) is 13.3 Å². The van der Waals surface area contributed by atoms with Crippen LogP contribution in [-0.2, 0) is 9.53 Å². The van der Waals surface area contributed by atoms with Gasteiger partial charge in [-0.05, 0) is 13.3 Å². The second kappa shape index (κ2) is 7.81. The van der Waals surface area contributed by atoms with E-state index in [9.17, 15) is 18.0 Å². The molecule has 0 aromatic heterocycles. The maximum atomic E-state index is 11.8. The Morgan fingerprint density at radius 2 is 2.06 bits per heavy atom. The predicted octanol–water partition coefficient (Wildman–Crippen LogP) is 3.40. The minimum Gasteiger partial charge on any atom is -0.465 e. The average molecular weight is 258 g/mol. The first-order chi connectivity index (χ1) is 7.37. The largest absolute Gasteiger partial charge is 0.465 e. The fraction of sp³-hybridized carbons (Fsp3) is 0.900. The summed E-state index contributed by atoms with van der Waals surface area (Å²) in [6.07, 6.45) is -3.32. The molecular weight excluding hydrogens is 241 g/mol. The third-order valence-corrected chi connectivity index (χ3v) is 2.96. The molecule has 0 aromatic carbocycles. The molecule has 1 unspecified atom stereocenters. The van der Waals surface area contributed by atoms with E-state index in [1.165, 1.54) is 0 Å². The molecule has 0 aromatic rings. The summed E-state index contributed by atoms with van der Waals surface area (Å²) in [5.41, 5.74) is 0. The number of hydrogen-bond donors (Lipinski definition) is 0. The number of carbonyl (C=O) groups excluding carboxylic acids is 1. The average Bonchev–Trinajstić information content (AvgIpc) is 2.15. The number of esters is 1. The van der Waals surface area contributed by atoms with Crippen molar-refractivity contribution in [3.05, 3.63) is 0 Å². The van der Waals surface area contributed by atoms with E-state index in [-0.39, 0.29) is 5.75 Å². The first kappa shape index (κ1) is 15.6. The van der Waals surface area contributed by atoms with Gasteiger partial charge in [-0.25, -0.2) is 0 Å². The highest BCUT2D eigenvalue weighted by molar-refractivity contribution is 8.00. The molecule has 0 saturated carbocycles. The van der Waals surface area contributed by atoms with Crippen molar-refractivity contribution in [3.8, 4) is 0 Å². The van der Waals surface area contributed by atoms with Crippen LogP contribution in [0.25, 0.3) is 0 Å². The SMILES string of the molecule is CCCCOC(=O)C(C)SCCC(F)(F)F. The van der Waals surface area contributed by atoms with Crippen LogP contribution < -0.4 is 0 Å². The van der Waals surface area contributed by atoms with Crippen LogP contribution in [0.15, 0.2) is 0 Å². The Balaban J connectivity index is 3.63. The van der Waals surface area contributed by atoms with Gasteiger partial charge in [-0.2, -0.15) is 13.2 Å². The Kier molecular flexibility index (Phi) is 7.62. The Hall–Kier alpha value is -0.390. The third-order valence-electron chi connectivity index (χ3n) is 1.83. The number of hydrogen-bond acceptors (Lipinski definition) is 3. The maximum absolute atomic E-state index is 11.8. The Labute approximate surface area is 97.9 Å². The molecule has 0 saturated heterocycles. The summed E-state index contributed by atoms with van der Waals surface area (Å²) in [5, 5.41) is -0.529. The molecule has 0 amide bonds. The molecule has 2 nitrogen and oxygen atoms in total. The Morgan fingerprint density at radius 1 is 1.44 bits per heavy atom. The molecule has 0 rings (SSSR count). The zero-order chi connectivity index (χ0) is 12.6. The number of carbonyl (C=O) groups is 1. The summed E-state index contributed by atoms with van der Waals surface area (Å²) in [6.45, 7) is 3.88. The molecule has 0 fully saturated rings. The van der Waals surface area contributed by atoms with Gasteiger partial charge >= 0.3 is 12.1 Å². The van der Waals surface area contributed by atoms with E-state index in [0.717, 1.165) is 24.6 Å². The molecule has 1 atom stereocenters. The fourth-order valence-corrected chi connectivity index (χ4v) is 1.76. The molecule has 0 radical (unpaired) electrons. The quantitative estimate of drug-likeness (QED) is 0.517. The molecule has 0 aliphatic rings. The Bertz CT molecular complexity index is 207. The smallest absolute Gasteiger partial charge is 0.389 e. The van der Waals surface area contributed by atoms with Crippen molar-refractivity contribution in [2.24, 2.45) is 0 Å². The minimum absolute atomic E-state index is 0.104. The predicted molar refractivity (Wildman–Crippen MR) is 58.5 cm³/mol. The second-order valence-corrected chi connectivity index (χ2v) is 4.85. The van der Waals surface area contributed by atoms with Crippen LogP contribution in [0.4, 0.5) is 13.2 Å². The number of thioether (sulfide) groups is 1. The van der Waals surface area contributed by atoms with Crippen molar-refractivity contribution in [3.63, 3.8) is 0 Å². The van der Waals surface area contributed by atoms with Gasteiger partial charge in [0.2, 0.25) is 0 Å². The van der Waals surface area contributed by atoms with Crippen molar-refractivity contribution < 1.29 is 22.7 Å². The minimum atomic E-state index is -4.15. The summed E-state index contributed by atoms with van der Waals surface area (Å²) in [6, 6.07) is 0. The zero-order valence-corrected chi connectivity index (χ0v) is 10.3. The van der Waals surface area contributed by atoms with E-state index in [0.29, 0.717) is 6.61 Å². The molecule has 0 aliphatic carbocycles. The van der Waals surface area contributed by atoms with Crippen LogP contribution in [0.3, 0.4) is 0 Å². The molecule has 0 N–H and O–H groups in total. The van der Waals surface area contributed by atoms with E-state index >= 15 is 0 Å². The second-order valence-electron chi connectivity index (χ2n) is 3.40. The van der Waals surface area contributed by atoms with E-state index in [1.807, 2.05) is 6.92 Å².